The van der Waals surface area contributed by atoms with Crippen LogP contribution in [0.1, 0.15) is 41.0 Å². The third-order valence-electron chi connectivity index (χ3n) is 8.42. The van der Waals surface area contributed by atoms with Crippen molar-refractivity contribution in [1.29, 1.82) is 5.41 Å². The van der Waals surface area contributed by atoms with Crippen molar-refractivity contribution in [2.45, 2.75) is 49.9 Å². The van der Waals surface area contributed by atoms with Crippen LogP contribution in [0.15, 0.2) is 102 Å². The number of likely N-dealkylation sites (N-methyl/N-ethyl adjacent to an activating group) is 1. The van der Waals surface area contributed by atoms with Gasteiger partial charge in [-0.25, -0.2) is 4.79 Å². The van der Waals surface area contributed by atoms with E-state index in [-0.39, 0.29) is 37.1 Å². The summed E-state index contributed by atoms with van der Waals surface area (Å²) in [5.41, 5.74) is 25.2. The number of primary amides is 1. The van der Waals surface area contributed by atoms with Crippen molar-refractivity contribution in [3.8, 4) is 0 Å². The van der Waals surface area contributed by atoms with Crippen LogP contribution in [0, 0.1) is 5.41 Å². The maximum absolute atomic E-state index is 14.6. The van der Waals surface area contributed by atoms with Crippen molar-refractivity contribution in [3.63, 3.8) is 0 Å². The molecule has 0 heterocycles. The van der Waals surface area contributed by atoms with Gasteiger partial charge in [0, 0.05) is 25.6 Å². The number of carboxylic acids is 1. The van der Waals surface area contributed by atoms with Crippen LogP contribution >= 0.6 is 0 Å². The van der Waals surface area contributed by atoms with Crippen LogP contribution in [-0.4, -0.2) is 77.3 Å². The van der Waals surface area contributed by atoms with Gasteiger partial charge in [-0.05, 0) is 46.7 Å². The maximum atomic E-state index is 14.6. The number of hydrogen-bond donors (Lipinski definition) is 7. The second-order valence-electron chi connectivity index (χ2n) is 12.3. The second-order valence-corrected chi connectivity index (χ2v) is 12.3. The van der Waals surface area contributed by atoms with Crippen LogP contribution < -0.4 is 28.3 Å². The number of benzene rings is 4. The van der Waals surface area contributed by atoms with Gasteiger partial charge in [0.25, 0.3) is 0 Å². The number of amides is 3. The molecule has 286 valence electrons. The topological polar surface area (TPSA) is 244 Å². The lowest BCUT2D eigenvalue weighted by atomic mass is 9.88. The molecular weight excluding hydrogens is 705 g/mol. The Hall–Kier alpha value is -6.45. The quantitative estimate of drug-likeness (QED) is 0.0540. The molecular formula is C38H43F3N8O5. The predicted molar refractivity (Wildman–Crippen MR) is 199 cm³/mol. The summed E-state index contributed by atoms with van der Waals surface area (Å²) >= 11 is 0. The van der Waals surface area contributed by atoms with Gasteiger partial charge in [0.15, 0.2) is 5.96 Å². The fourth-order valence-corrected chi connectivity index (χ4v) is 5.53. The van der Waals surface area contributed by atoms with E-state index in [2.05, 4.69) is 10.3 Å². The summed E-state index contributed by atoms with van der Waals surface area (Å²) in [6, 6.07) is 28.5. The van der Waals surface area contributed by atoms with Crippen LogP contribution in [0.4, 0.5) is 13.2 Å². The Labute approximate surface area is 309 Å². The Morgan fingerprint density at radius 1 is 0.833 bits per heavy atom. The number of rotatable bonds is 15. The zero-order valence-corrected chi connectivity index (χ0v) is 29.4. The molecule has 13 nitrogen and oxygen atoms in total. The average Bonchev–Trinajstić information content (AvgIpc) is 3.13. The van der Waals surface area contributed by atoms with Crippen molar-refractivity contribution in [3.05, 3.63) is 119 Å². The van der Waals surface area contributed by atoms with E-state index in [4.69, 9.17) is 38.2 Å². The van der Waals surface area contributed by atoms with Crippen LogP contribution in [0.2, 0.25) is 0 Å². The summed E-state index contributed by atoms with van der Waals surface area (Å²) in [6.45, 7) is 0.272. The molecule has 4 aromatic rings. The molecule has 1 unspecified atom stereocenters. The first-order chi connectivity index (χ1) is 25.5. The fraction of sp³-hybridized carbons (Fsp3) is 0.263. The Morgan fingerprint density at radius 3 is 1.96 bits per heavy atom. The number of hydrogen-bond acceptors (Lipinski definition) is 6. The van der Waals surface area contributed by atoms with Gasteiger partial charge in [-0.3, -0.25) is 24.8 Å². The number of alkyl halides is 3. The van der Waals surface area contributed by atoms with Gasteiger partial charge in [-0.1, -0.05) is 97.1 Å². The summed E-state index contributed by atoms with van der Waals surface area (Å²) in [7, 11) is 1.61. The van der Waals surface area contributed by atoms with Crippen molar-refractivity contribution in [2.24, 2.45) is 27.9 Å². The van der Waals surface area contributed by atoms with E-state index < -0.39 is 42.0 Å². The number of nitrogens with two attached hydrogens (primary N) is 4. The van der Waals surface area contributed by atoms with E-state index in [0.29, 0.717) is 18.4 Å². The first-order valence-corrected chi connectivity index (χ1v) is 16.7. The Kier molecular flexibility index (Phi) is 15.1. The predicted octanol–water partition coefficient (Wildman–Crippen LogP) is 3.18. The van der Waals surface area contributed by atoms with Crippen LogP contribution in [0.25, 0.3) is 10.8 Å². The SMILES string of the molecule is CN(C(=O)[C@@H](Cc1ccc(C(=N)N)cc1)c1ccc2ccccc2c1)[C@@H](Cc1ccccc1)C(=O)NC(CCCN=C(N)N)C(N)=O.O=C(O)C(F)(F)F. The molecule has 0 saturated carbocycles. The molecule has 0 aliphatic heterocycles. The number of carbonyl (C=O) groups is 4. The average molecular weight is 749 g/mol. The number of aliphatic carboxylic acids is 1. The first-order valence-electron chi connectivity index (χ1n) is 16.7. The Bertz CT molecular complexity index is 1950. The number of nitrogens with zero attached hydrogens (tertiary/aromatic N) is 2. The molecule has 3 atom stereocenters. The molecule has 4 rings (SSSR count). The molecule has 3 amide bonds. The second kappa shape index (κ2) is 19.4. The lowest BCUT2D eigenvalue weighted by molar-refractivity contribution is -0.192. The molecule has 0 bridgehead atoms. The van der Waals surface area contributed by atoms with E-state index in [9.17, 15) is 27.6 Å². The number of fused-ring (bicyclic) bond motifs is 1. The zero-order valence-electron chi connectivity index (χ0n) is 29.4. The molecule has 0 aromatic heterocycles. The number of carboxylic acid groups (broad SMARTS) is 1. The zero-order chi connectivity index (χ0) is 40.0. The van der Waals surface area contributed by atoms with E-state index in [0.717, 1.165) is 27.5 Å². The summed E-state index contributed by atoms with van der Waals surface area (Å²) in [5, 5.41) is 19.7. The highest BCUT2D eigenvalue weighted by molar-refractivity contribution is 5.95. The fourth-order valence-electron chi connectivity index (χ4n) is 5.53. The molecule has 0 aliphatic carbocycles. The maximum Gasteiger partial charge on any atom is 0.490 e. The van der Waals surface area contributed by atoms with E-state index in [1.54, 1.807) is 19.2 Å². The van der Waals surface area contributed by atoms with Gasteiger partial charge in [0.05, 0.1) is 5.92 Å². The molecule has 0 spiro atoms. The van der Waals surface area contributed by atoms with Crippen molar-refractivity contribution in [2.75, 3.05) is 13.6 Å². The van der Waals surface area contributed by atoms with Crippen molar-refractivity contribution >= 4 is 46.3 Å². The number of nitrogens with one attached hydrogen (secondary N) is 2. The van der Waals surface area contributed by atoms with E-state index in [1.165, 1.54) is 4.90 Å². The standard InChI is InChI=1S/C36H42N8O3.C2HF3O2/c1-44(31(21-23-8-3-2-4-9-23)34(46)43-30(33(39)45)12-7-19-42-36(40)41)35(47)29(20-24-13-15-26(16-14-24)32(37)38)28-18-17-25-10-5-6-11-27(25)22-28;3-2(4,5)1(6)7/h2-6,8-11,13-18,22,29-31H,7,12,19-21H2,1H3,(H3,37,38)(H2,39,45)(H,43,46)(H4,40,41,42);(H,6,7)/t29-,30?,31-;/m0./s1. The van der Waals surface area contributed by atoms with Gasteiger partial charge < -0.3 is 38.3 Å². The van der Waals surface area contributed by atoms with Gasteiger partial charge in [-0.15, -0.1) is 0 Å². The largest absolute Gasteiger partial charge is 0.490 e. The molecule has 0 radical (unpaired) electrons. The minimum absolute atomic E-state index is 0.0429. The minimum Gasteiger partial charge on any atom is -0.475 e. The normalized spacial score (nSPS) is 12.6. The van der Waals surface area contributed by atoms with E-state index >= 15 is 0 Å². The lowest BCUT2D eigenvalue weighted by Gasteiger charge is -2.32. The summed E-state index contributed by atoms with van der Waals surface area (Å²) < 4.78 is 31.7. The van der Waals surface area contributed by atoms with Crippen LogP contribution in [-0.2, 0) is 32.0 Å². The summed E-state index contributed by atoms with van der Waals surface area (Å²) in [6.07, 6.45) is -3.89. The Balaban J connectivity index is 0.00000102. The van der Waals surface area contributed by atoms with Crippen molar-refractivity contribution < 1.29 is 37.5 Å². The number of nitrogen functional groups attached to an aromatic ring is 1. The molecule has 54 heavy (non-hydrogen) atoms. The molecule has 0 aliphatic rings. The molecule has 16 heteroatoms. The number of amidine groups is 1. The van der Waals surface area contributed by atoms with Crippen LogP contribution in [0.5, 0.6) is 0 Å². The molecule has 0 fully saturated rings. The monoisotopic (exact) mass is 748 g/mol. The highest BCUT2D eigenvalue weighted by Gasteiger charge is 2.38. The first kappa shape index (κ1) is 42.0. The van der Waals surface area contributed by atoms with Gasteiger partial charge >= 0.3 is 12.1 Å². The highest BCUT2D eigenvalue weighted by atomic mass is 19.4. The third kappa shape index (κ3) is 12.6. The van der Waals surface area contributed by atoms with Gasteiger partial charge in [0.2, 0.25) is 17.7 Å². The van der Waals surface area contributed by atoms with Gasteiger partial charge in [-0.2, -0.15) is 13.2 Å². The van der Waals surface area contributed by atoms with Crippen LogP contribution in [0.3, 0.4) is 0 Å². The molecule has 4 aromatic carbocycles. The third-order valence-corrected chi connectivity index (χ3v) is 8.42. The minimum atomic E-state index is -5.08. The number of aliphatic imine (C=N–C) groups is 1. The number of guanidine groups is 1. The smallest absolute Gasteiger partial charge is 0.475 e. The lowest BCUT2D eigenvalue weighted by Crippen LogP contribution is -2.54. The molecule has 0 saturated heterocycles. The summed E-state index contributed by atoms with van der Waals surface area (Å²) in [5.74, 6) is -4.98. The number of halogens is 3. The van der Waals surface area contributed by atoms with Gasteiger partial charge in [0.1, 0.15) is 17.9 Å². The van der Waals surface area contributed by atoms with E-state index in [1.807, 2.05) is 84.9 Å². The number of carbonyl (C=O) groups excluding carboxylic acids is 3. The Morgan fingerprint density at radius 2 is 1.41 bits per heavy atom. The van der Waals surface area contributed by atoms with Crippen molar-refractivity contribution in [1.82, 2.24) is 10.2 Å². The summed E-state index contributed by atoms with van der Waals surface area (Å²) in [4.78, 5) is 55.1. The highest BCUT2D eigenvalue weighted by Crippen LogP contribution is 2.28. The molecule has 11 N–H and O–H groups in total.